The summed E-state index contributed by atoms with van der Waals surface area (Å²) in [7, 11) is 1.70. The minimum Gasteiger partial charge on any atom is -0.487 e. The monoisotopic (exact) mass is 1410 g/mol. The molecule has 6 aliphatic rings. The second kappa shape index (κ2) is 34.0. The van der Waals surface area contributed by atoms with Crippen LogP contribution in [-0.4, -0.2) is 61.3 Å². The van der Waals surface area contributed by atoms with E-state index in [1.165, 1.54) is 117 Å². The Morgan fingerprint density at radius 2 is 0.893 bits per heavy atom. The third-order valence-electron chi connectivity index (χ3n) is 22.9. The molecular formula is C92H126O11. The smallest absolute Gasteiger partial charge is 0.487 e. The predicted octanol–water partition coefficient (Wildman–Crippen LogP) is 24.4. The summed E-state index contributed by atoms with van der Waals surface area (Å²) in [6, 6.07) is 40.5. The van der Waals surface area contributed by atoms with Gasteiger partial charge in [0, 0.05) is 29.7 Å². The number of ether oxygens (including phenoxy) is 9. The minimum absolute atomic E-state index is 0.0684. The molecule has 0 amide bonds. The number of methoxy groups -OCH3 is 1. The first kappa shape index (κ1) is 80.0. The fourth-order valence-electron chi connectivity index (χ4n) is 15.7. The molecule has 0 saturated heterocycles. The quantitative estimate of drug-likeness (QED) is 0.0523. The van der Waals surface area contributed by atoms with Gasteiger partial charge < -0.3 is 42.6 Å². The average molecular weight is 1410 g/mol. The van der Waals surface area contributed by atoms with Crippen molar-refractivity contribution in [1.82, 2.24) is 0 Å². The van der Waals surface area contributed by atoms with Crippen molar-refractivity contribution < 1.29 is 52.2 Å². The molecule has 13 rings (SSSR count). The number of esters is 1. The van der Waals surface area contributed by atoms with Crippen LogP contribution in [0, 0.1) is 29.6 Å². The molecule has 11 heteroatoms. The summed E-state index contributed by atoms with van der Waals surface area (Å²) >= 11 is 0. The highest BCUT2D eigenvalue weighted by Crippen LogP contribution is 2.51. The number of benzene rings is 7. The molecule has 0 heterocycles. The number of carbonyl (C=O) groups is 2. The van der Waals surface area contributed by atoms with Gasteiger partial charge in [0.2, 0.25) is 12.6 Å². The van der Waals surface area contributed by atoms with Crippen molar-refractivity contribution in [1.29, 1.82) is 0 Å². The van der Waals surface area contributed by atoms with Gasteiger partial charge in [0.05, 0.1) is 6.10 Å². The van der Waals surface area contributed by atoms with Crippen LogP contribution in [-0.2, 0) is 43.0 Å². The predicted molar refractivity (Wildman–Crippen MR) is 421 cm³/mol. The Balaban J connectivity index is 0.000000150. The molecule has 1 saturated carbocycles. The SMILES string of the molecule is CC(C)C(Oc1ccc2c(c1)CC(C)C2C)OC1CCCCC1.CC1Cc2cc(OC(=O)OC(C)(C)C)ccc2C1C.CC1c2cccc3c(OCC(=O)OC(C)(C)C)ccc(c23)C1C.CCC(C)(C)Oc1ccc2c3c(cccc13)C(C)C2C.COC(Oc1ccc2c(c1)C(C)C(C)C2)C(C)C. The molecular weight excluding hydrogens is 1280 g/mol. The summed E-state index contributed by atoms with van der Waals surface area (Å²) in [4.78, 5) is 23.5. The first-order valence-electron chi connectivity index (χ1n) is 39.0. The van der Waals surface area contributed by atoms with Gasteiger partial charge in [-0.05, 0) is 268 Å². The number of hydrogen-bond donors (Lipinski definition) is 0. The van der Waals surface area contributed by atoms with E-state index >= 15 is 0 Å². The lowest BCUT2D eigenvalue weighted by Crippen LogP contribution is -2.32. The molecule has 103 heavy (non-hydrogen) atoms. The lowest BCUT2D eigenvalue weighted by Gasteiger charge is -2.30. The van der Waals surface area contributed by atoms with Gasteiger partial charge in [-0.2, -0.15) is 0 Å². The van der Waals surface area contributed by atoms with Gasteiger partial charge in [-0.1, -0.05) is 190 Å². The van der Waals surface area contributed by atoms with Crippen molar-refractivity contribution in [3.05, 3.63) is 171 Å². The van der Waals surface area contributed by atoms with E-state index in [2.05, 4.69) is 215 Å². The van der Waals surface area contributed by atoms with Crippen LogP contribution in [0.4, 0.5) is 4.79 Å². The summed E-state index contributed by atoms with van der Waals surface area (Å²) in [5.41, 5.74) is 13.1. The van der Waals surface area contributed by atoms with Gasteiger partial charge in [0.1, 0.15) is 45.6 Å². The number of rotatable bonds is 16. The van der Waals surface area contributed by atoms with E-state index in [9.17, 15) is 9.59 Å². The second-order valence-corrected chi connectivity index (χ2v) is 34.2. The van der Waals surface area contributed by atoms with Gasteiger partial charge in [-0.25, -0.2) is 9.59 Å². The molecule has 0 aromatic heterocycles. The molecule has 0 spiro atoms. The normalized spacial score (nSPS) is 22.7. The maximum atomic E-state index is 11.9. The molecule has 11 nitrogen and oxygen atoms in total. The van der Waals surface area contributed by atoms with Gasteiger partial charge in [0.15, 0.2) is 6.61 Å². The molecule has 7 aromatic carbocycles. The van der Waals surface area contributed by atoms with Gasteiger partial charge in [-0.15, -0.1) is 0 Å². The van der Waals surface area contributed by atoms with Gasteiger partial charge in [-0.3, -0.25) is 0 Å². The van der Waals surface area contributed by atoms with Crippen LogP contribution in [0.5, 0.6) is 28.7 Å². The van der Waals surface area contributed by atoms with E-state index in [-0.39, 0.29) is 30.8 Å². The van der Waals surface area contributed by atoms with E-state index in [1.807, 2.05) is 59.7 Å². The molecule has 7 aromatic rings. The highest BCUT2D eigenvalue weighted by Gasteiger charge is 2.34. The number of fused-ring (bicyclic) bond motifs is 3. The number of carbonyl (C=O) groups excluding carboxylic acids is 2. The van der Waals surface area contributed by atoms with Crippen molar-refractivity contribution in [3.63, 3.8) is 0 Å². The maximum absolute atomic E-state index is 11.9. The topological polar surface area (TPSA) is 117 Å². The van der Waals surface area contributed by atoms with Crippen molar-refractivity contribution >= 4 is 33.7 Å². The first-order valence-corrected chi connectivity index (χ1v) is 39.0. The van der Waals surface area contributed by atoms with Crippen LogP contribution >= 0.6 is 0 Å². The van der Waals surface area contributed by atoms with Crippen LogP contribution in [0.25, 0.3) is 21.5 Å². The maximum Gasteiger partial charge on any atom is 0.514 e. The Hall–Kier alpha value is -7.08. The zero-order valence-corrected chi connectivity index (χ0v) is 67.2. The minimum atomic E-state index is -0.647. The summed E-state index contributed by atoms with van der Waals surface area (Å²) < 4.78 is 51.5. The highest BCUT2D eigenvalue weighted by atomic mass is 16.7. The molecule has 6 aliphatic carbocycles. The zero-order valence-electron chi connectivity index (χ0n) is 67.2. The van der Waals surface area contributed by atoms with Crippen LogP contribution < -0.4 is 23.7 Å². The molecule has 560 valence electrons. The summed E-state index contributed by atoms with van der Waals surface area (Å²) in [5.74, 6) is 10.8. The fourth-order valence-corrected chi connectivity index (χ4v) is 15.7. The van der Waals surface area contributed by atoms with Gasteiger partial charge >= 0.3 is 12.1 Å². The van der Waals surface area contributed by atoms with Crippen molar-refractivity contribution in [2.45, 2.75) is 294 Å². The van der Waals surface area contributed by atoms with E-state index in [0.717, 1.165) is 53.1 Å². The van der Waals surface area contributed by atoms with Crippen molar-refractivity contribution in [2.75, 3.05) is 13.7 Å². The third-order valence-corrected chi connectivity index (χ3v) is 22.9. The Labute approximate surface area is 619 Å². The Bertz CT molecular complexity index is 3980. The van der Waals surface area contributed by atoms with E-state index in [4.69, 9.17) is 42.6 Å². The summed E-state index contributed by atoms with van der Waals surface area (Å²) in [5, 5.41) is 5.07. The van der Waals surface area contributed by atoms with Crippen molar-refractivity contribution in [2.24, 2.45) is 29.6 Å². The third kappa shape index (κ3) is 19.9. The molecule has 0 bridgehead atoms. The Kier molecular flexibility index (Phi) is 26.4. The van der Waals surface area contributed by atoms with Gasteiger partial charge in [0.25, 0.3) is 0 Å². The Morgan fingerprint density at radius 1 is 0.456 bits per heavy atom. The summed E-state index contributed by atoms with van der Waals surface area (Å²) in [6.07, 6.45) is 10.2. The molecule has 12 unspecified atom stereocenters. The van der Waals surface area contributed by atoms with Crippen LogP contribution in [0.1, 0.15) is 295 Å². The van der Waals surface area contributed by atoms with Crippen LogP contribution in [0.2, 0.25) is 0 Å². The summed E-state index contributed by atoms with van der Waals surface area (Å²) in [6.45, 7) is 49.0. The van der Waals surface area contributed by atoms with Crippen molar-refractivity contribution in [3.8, 4) is 28.7 Å². The van der Waals surface area contributed by atoms with E-state index < -0.39 is 17.4 Å². The molecule has 1 fully saturated rings. The fraction of sp³-hybridized carbons (Fsp3) is 0.565. The standard InChI is InChI=1S/C21H32O2.C20H24O3.C19H24O.C16H22O3.C16H24O2/c1-14(2)21(22-18-8-6-5-7-9-18)23-19-10-11-20-16(4)15(3)12-17(20)13-19;1-12-13(2)15-9-10-17(16-8-6-7-14(12)19(15)16)22-11-18(21)23-20(3,4)5;1-6-19(4,5)20-17-11-10-15-13(3)12(2)14-8-7-9-16(17)18(14)15;1-10-8-12-9-13(6-7-14(12)11(10)2)18-15(17)19-16(3,4)5;1-10(2)16(17-5)18-14-7-6-13-8-11(3)12(4)15(13)9-14/h10-11,13-16,18,21H,5-9,12H2,1-4H3;6-10,12-13H,11H2,1-5H3;7-13H,6H2,1-5H3;6-7,9-11H,8H2,1-5H3;6-7,9-12,16H,8H2,1-5H3. The number of hydrogen-bond acceptors (Lipinski definition) is 11. The Morgan fingerprint density at radius 3 is 1.40 bits per heavy atom. The van der Waals surface area contributed by atoms with E-state index in [0.29, 0.717) is 71.0 Å². The van der Waals surface area contributed by atoms with E-state index in [1.54, 1.807) is 7.11 Å². The largest absolute Gasteiger partial charge is 0.514 e. The average Bonchev–Trinajstić information content (AvgIpc) is 1.61. The molecule has 12 atom stereocenters. The van der Waals surface area contributed by atoms with Crippen LogP contribution in [0.15, 0.2) is 115 Å². The molecule has 0 N–H and O–H groups in total. The molecule has 0 radical (unpaired) electrons. The zero-order chi connectivity index (χ0) is 75.2. The van der Waals surface area contributed by atoms with Crippen LogP contribution in [0.3, 0.4) is 0 Å². The first-order chi connectivity index (χ1) is 48.5. The molecule has 0 aliphatic heterocycles. The second-order valence-electron chi connectivity index (χ2n) is 34.2. The highest BCUT2D eigenvalue weighted by molar-refractivity contribution is 5.97. The lowest BCUT2D eigenvalue weighted by atomic mass is 9.94. The lowest BCUT2D eigenvalue weighted by molar-refractivity contribution is -0.157.